The van der Waals surface area contributed by atoms with Crippen molar-refractivity contribution in [3.63, 3.8) is 0 Å². The maximum Gasteiger partial charge on any atom is 0.331 e. The Morgan fingerprint density at radius 2 is 2.00 bits per heavy atom. The van der Waals surface area contributed by atoms with Gasteiger partial charge in [0.25, 0.3) is 5.56 Å². The predicted octanol–water partition coefficient (Wildman–Crippen LogP) is 0.145. The quantitative estimate of drug-likeness (QED) is 0.784. The Bertz CT molecular complexity index is 516. The van der Waals surface area contributed by atoms with Crippen LogP contribution in [0.25, 0.3) is 0 Å². The fourth-order valence-corrected chi connectivity index (χ4v) is 1.64. The van der Waals surface area contributed by atoms with E-state index in [1.54, 1.807) is 6.92 Å². The molecule has 0 aromatic carbocycles. The van der Waals surface area contributed by atoms with E-state index in [-0.39, 0.29) is 11.4 Å². The van der Waals surface area contributed by atoms with Crippen molar-refractivity contribution in [1.29, 1.82) is 0 Å². The first kappa shape index (κ1) is 14.5. The molecular formula is C12H21N3O3. The van der Waals surface area contributed by atoms with Gasteiger partial charge in [-0.05, 0) is 27.3 Å². The van der Waals surface area contributed by atoms with Crippen molar-refractivity contribution in [2.24, 2.45) is 0 Å². The summed E-state index contributed by atoms with van der Waals surface area (Å²) in [6, 6.07) is 0.358. The third-order valence-electron chi connectivity index (χ3n) is 3.18. The summed E-state index contributed by atoms with van der Waals surface area (Å²) in [7, 11) is 1.94. The highest BCUT2D eigenvalue weighted by Gasteiger charge is 2.13. The number of hydrogen-bond acceptors (Lipinski definition) is 4. The number of likely N-dealkylation sites (N-methyl/N-ethyl adjacent to an activating group) is 1. The van der Waals surface area contributed by atoms with Gasteiger partial charge in [0.15, 0.2) is 0 Å². The zero-order chi connectivity index (χ0) is 13.9. The minimum atomic E-state index is -0.563. The molecule has 0 radical (unpaired) electrons. The van der Waals surface area contributed by atoms with Gasteiger partial charge >= 0.3 is 5.69 Å². The van der Waals surface area contributed by atoms with Crippen molar-refractivity contribution in [3.05, 3.63) is 26.4 Å². The van der Waals surface area contributed by atoms with Crippen LogP contribution in [0.15, 0.2) is 9.59 Å². The zero-order valence-corrected chi connectivity index (χ0v) is 11.4. The highest BCUT2D eigenvalue weighted by molar-refractivity contribution is 5.22. The molecule has 0 aliphatic heterocycles. The van der Waals surface area contributed by atoms with Crippen molar-refractivity contribution in [3.8, 4) is 5.88 Å². The van der Waals surface area contributed by atoms with Gasteiger partial charge in [-0.1, -0.05) is 6.92 Å². The standard InChI is InChI=1S/C12H21N3O3/c1-5-9-10(16)13-12(18)15(11(9)17)7-6-14(4)8(2)3/h8,17H,5-7H2,1-4H3,(H,13,16,18). The van der Waals surface area contributed by atoms with Crippen LogP contribution in [-0.2, 0) is 13.0 Å². The molecule has 102 valence electrons. The van der Waals surface area contributed by atoms with E-state index < -0.39 is 11.2 Å². The van der Waals surface area contributed by atoms with Gasteiger partial charge in [-0.2, -0.15) is 0 Å². The molecule has 1 heterocycles. The van der Waals surface area contributed by atoms with Crippen molar-refractivity contribution < 1.29 is 5.11 Å². The molecule has 1 rings (SSSR count). The van der Waals surface area contributed by atoms with Crippen LogP contribution in [0.1, 0.15) is 26.3 Å². The van der Waals surface area contributed by atoms with Crippen LogP contribution < -0.4 is 11.2 Å². The summed E-state index contributed by atoms with van der Waals surface area (Å²) < 4.78 is 1.21. The Morgan fingerprint density at radius 1 is 1.39 bits per heavy atom. The Hall–Kier alpha value is -1.56. The molecule has 0 amide bonds. The number of aromatic nitrogens is 2. The average Bonchev–Trinajstić information content (AvgIpc) is 2.28. The molecule has 0 aliphatic carbocycles. The molecular weight excluding hydrogens is 234 g/mol. The van der Waals surface area contributed by atoms with Crippen LogP contribution in [0.3, 0.4) is 0 Å². The summed E-state index contributed by atoms with van der Waals surface area (Å²) >= 11 is 0. The maximum atomic E-state index is 11.6. The van der Waals surface area contributed by atoms with Gasteiger partial charge in [0.1, 0.15) is 0 Å². The SMILES string of the molecule is CCc1c(O)n(CCN(C)C(C)C)c(=O)[nH]c1=O. The summed E-state index contributed by atoms with van der Waals surface area (Å²) in [5, 5.41) is 9.93. The molecule has 1 aromatic heterocycles. The smallest absolute Gasteiger partial charge is 0.331 e. The van der Waals surface area contributed by atoms with Crippen LogP contribution in [-0.4, -0.2) is 39.2 Å². The second-order valence-electron chi connectivity index (χ2n) is 4.64. The van der Waals surface area contributed by atoms with E-state index in [0.717, 1.165) is 0 Å². The van der Waals surface area contributed by atoms with Gasteiger partial charge in [0.2, 0.25) is 5.88 Å². The summed E-state index contributed by atoms with van der Waals surface area (Å²) in [5.41, 5.74) is -0.817. The zero-order valence-electron chi connectivity index (χ0n) is 11.4. The summed E-state index contributed by atoms with van der Waals surface area (Å²) in [6.07, 6.45) is 0.390. The fraction of sp³-hybridized carbons (Fsp3) is 0.667. The van der Waals surface area contributed by atoms with Crippen LogP contribution in [0.2, 0.25) is 0 Å². The van der Waals surface area contributed by atoms with Crippen molar-refractivity contribution in [2.75, 3.05) is 13.6 Å². The molecule has 2 N–H and O–H groups in total. The molecule has 0 aliphatic rings. The highest BCUT2D eigenvalue weighted by Crippen LogP contribution is 2.10. The number of nitrogens with one attached hydrogen (secondary N) is 1. The van der Waals surface area contributed by atoms with Crippen LogP contribution in [0, 0.1) is 0 Å². The van der Waals surface area contributed by atoms with E-state index in [4.69, 9.17) is 0 Å². The van der Waals surface area contributed by atoms with Crippen molar-refractivity contribution in [1.82, 2.24) is 14.5 Å². The van der Waals surface area contributed by atoms with E-state index in [2.05, 4.69) is 9.88 Å². The van der Waals surface area contributed by atoms with Gasteiger partial charge in [0, 0.05) is 19.1 Å². The lowest BCUT2D eigenvalue weighted by atomic mass is 10.2. The molecule has 18 heavy (non-hydrogen) atoms. The van der Waals surface area contributed by atoms with E-state index in [0.29, 0.717) is 25.6 Å². The van der Waals surface area contributed by atoms with E-state index in [1.807, 2.05) is 20.9 Å². The molecule has 0 saturated heterocycles. The first-order valence-corrected chi connectivity index (χ1v) is 6.13. The second kappa shape index (κ2) is 5.86. The first-order chi connectivity index (χ1) is 8.38. The molecule has 0 saturated carbocycles. The van der Waals surface area contributed by atoms with E-state index in [9.17, 15) is 14.7 Å². The molecule has 0 spiro atoms. The number of rotatable bonds is 5. The van der Waals surface area contributed by atoms with E-state index in [1.165, 1.54) is 4.57 Å². The predicted molar refractivity (Wildman–Crippen MR) is 70.1 cm³/mol. The monoisotopic (exact) mass is 255 g/mol. The topological polar surface area (TPSA) is 78.3 Å². The molecule has 1 aromatic rings. The van der Waals surface area contributed by atoms with Crippen LogP contribution >= 0.6 is 0 Å². The number of aromatic hydroxyl groups is 1. The summed E-state index contributed by atoms with van der Waals surface area (Å²) in [6.45, 7) is 6.84. The van der Waals surface area contributed by atoms with Gasteiger partial charge in [0.05, 0.1) is 5.56 Å². The fourth-order valence-electron chi connectivity index (χ4n) is 1.64. The lowest BCUT2D eigenvalue weighted by Gasteiger charge is -2.21. The van der Waals surface area contributed by atoms with Crippen molar-refractivity contribution >= 4 is 0 Å². The Labute approximate surface area is 106 Å². The summed E-state index contributed by atoms with van der Waals surface area (Å²) in [4.78, 5) is 27.4. The Morgan fingerprint density at radius 3 is 2.50 bits per heavy atom. The van der Waals surface area contributed by atoms with Crippen molar-refractivity contribution in [2.45, 2.75) is 39.8 Å². The average molecular weight is 255 g/mol. The van der Waals surface area contributed by atoms with Crippen LogP contribution in [0.5, 0.6) is 5.88 Å². The number of aromatic amines is 1. The van der Waals surface area contributed by atoms with E-state index >= 15 is 0 Å². The minimum absolute atomic E-state index is 0.219. The molecule has 0 atom stereocenters. The van der Waals surface area contributed by atoms with Gasteiger partial charge in [-0.3, -0.25) is 14.3 Å². The summed E-state index contributed by atoms with van der Waals surface area (Å²) in [5.74, 6) is -0.219. The second-order valence-corrected chi connectivity index (χ2v) is 4.64. The Balaban J connectivity index is 3.03. The van der Waals surface area contributed by atoms with Gasteiger partial charge < -0.3 is 10.0 Å². The molecule has 0 unspecified atom stereocenters. The van der Waals surface area contributed by atoms with Gasteiger partial charge in [-0.15, -0.1) is 0 Å². The Kier molecular flexibility index (Phi) is 4.72. The molecule has 6 nitrogen and oxygen atoms in total. The lowest BCUT2D eigenvalue weighted by Crippen LogP contribution is -2.36. The van der Waals surface area contributed by atoms with Crippen LogP contribution in [0.4, 0.5) is 0 Å². The molecule has 0 fully saturated rings. The number of H-pyrrole nitrogens is 1. The minimum Gasteiger partial charge on any atom is -0.494 e. The highest BCUT2D eigenvalue weighted by atomic mass is 16.3. The first-order valence-electron chi connectivity index (χ1n) is 6.13. The maximum absolute atomic E-state index is 11.6. The third-order valence-corrected chi connectivity index (χ3v) is 3.18. The van der Waals surface area contributed by atoms with Gasteiger partial charge in [-0.25, -0.2) is 4.79 Å². The molecule has 0 bridgehead atoms. The third kappa shape index (κ3) is 3.01. The number of nitrogens with zero attached hydrogens (tertiary/aromatic N) is 2. The molecule has 6 heteroatoms. The number of hydrogen-bond donors (Lipinski definition) is 2. The largest absolute Gasteiger partial charge is 0.494 e. The lowest BCUT2D eigenvalue weighted by molar-refractivity contribution is 0.254. The normalized spacial score (nSPS) is 11.4.